The Bertz CT molecular complexity index is 1020. The highest BCUT2D eigenvalue weighted by atomic mass is 32.2. The fraction of sp³-hybridized carbons (Fsp3) is 0.389. The van der Waals surface area contributed by atoms with Crippen molar-refractivity contribution >= 4 is 27.7 Å². The summed E-state index contributed by atoms with van der Waals surface area (Å²) in [5, 5.41) is 5.97. The third kappa shape index (κ3) is 5.94. The molecule has 0 bridgehead atoms. The molecule has 1 aliphatic rings. The maximum Gasteiger partial charge on any atom is 0.307 e. The number of nitrogens with zero attached hydrogens (tertiary/aromatic N) is 1. The van der Waals surface area contributed by atoms with Crippen molar-refractivity contribution in [2.24, 2.45) is 0 Å². The van der Waals surface area contributed by atoms with Crippen LogP contribution in [0.5, 0.6) is 11.5 Å². The lowest BCUT2D eigenvalue weighted by Gasteiger charge is -2.11. The SMILES string of the molecule is Cc1cc(NC(=O)COC(=O)CCNS(=O)(=O)c2ccc3c(c2)OCCCO3)no1. The molecule has 1 aliphatic heterocycles. The van der Waals surface area contributed by atoms with Gasteiger partial charge in [-0.15, -0.1) is 0 Å². The summed E-state index contributed by atoms with van der Waals surface area (Å²) in [6.07, 6.45) is 0.452. The number of nitrogens with one attached hydrogen (secondary N) is 2. The highest BCUT2D eigenvalue weighted by molar-refractivity contribution is 7.89. The smallest absolute Gasteiger partial charge is 0.307 e. The van der Waals surface area contributed by atoms with E-state index in [4.69, 9.17) is 18.7 Å². The molecule has 0 spiro atoms. The predicted octanol–water partition coefficient (Wildman–Crippen LogP) is 0.995. The van der Waals surface area contributed by atoms with Gasteiger partial charge in [-0.25, -0.2) is 13.1 Å². The standard InChI is InChI=1S/C18H21N3O8S/c1-12-9-16(21-29-12)20-17(22)11-28-18(23)5-6-19-30(24,25)13-3-4-14-15(10-13)27-8-2-7-26-14/h3-4,9-10,19H,2,5-8,11H2,1H3,(H,20,21,22). The molecule has 2 aromatic rings. The number of aromatic nitrogens is 1. The van der Waals surface area contributed by atoms with Gasteiger partial charge in [-0.1, -0.05) is 5.16 Å². The quantitative estimate of drug-likeness (QED) is 0.575. The fourth-order valence-electron chi connectivity index (χ4n) is 2.50. The summed E-state index contributed by atoms with van der Waals surface area (Å²) in [5.41, 5.74) is 0. The van der Waals surface area contributed by atoms with E-state index in [2.05, 4.69) is 15.2 Å². The van der Waals surface area contributed by atoms with E-state index in [0.717, 1.165) is 0 Å². The largest absolute Gasteiger partial charge is 0.490 e. The van der Waals surface area contributed by atoms with Crippen LogP contribution in [0.4, 0.5) is 5.82 Å². The second-order valence-electron chi connectivity index (χ2n) is 6.34. The summed E-state index contributed by atoms with van der Waals surface area (Å²) in [6.45, 7) is 1.87. The van der Waals surface area contributed by atoms with Gasteiger partial charge in [-0.2, -0.15) is 0 Å². The van der Waals surface area contributed by atoms with Crippen molar-refractivity contribution in [3.8, 4) is 11.5 Å². The molecule has 2 N–H and O–H groups in total. The van der Waals surface area contributed by atoms with Gasteiger partial charge in [0.1, 0.15) is 5.76 Å². The van der Waals surface area contributed by atoms with Crippen molar-refractivity contribution in [2.45, 2.75) is 24.7 Å². The number of ether oxygens (including phenoxy) is 3. The van der Waals surface area contributed by atoms with Gasteiger partial charge in [0.05, 0.1) is 24.5 Å². The van der Waals surface area contributed by atoms with Crippen molar-refractivity contribution in [3.63, 3.8) is 0 Å². The van der Waals surface area contributed by atoms with Crippen molar-refractivity contribution in [3.05, 3.63) is 30.0 Å². The Morgan fingerprint density at radius 2 is 1.93 bits per heavy atom. The van der Waals surface area contributed by atoms with Crippen molar-refractivity contribution < 1.29 is 36.7 Å². The lowest BCUT2D eigenvalue weighted by Crippen LogP contribution is -2.28. The highest BCUT2D eigenvalue weighted by Crippen LogP contribution is 2.31. The molecular weight excluding hydrogens is 418 g/mol. The third-order valence-electron chi connectivity index (χ3n) is 3.91. The molecule has 11 nitrogen and oxygen atoms in total. The molecule has 2 heterocycles. The van der Waals surface area contributed by atoms with E-state index in [1.807, 2.05) is 0 Å². The van der Waals surface area contributed by atoms with E-state index in [9.17, 15) is 18.0 Å². The lowest BCUT2D eigenvalue weighted by atomic mass is 10.3. The van der Waals surface area contributed by atoms with E-state index >= 15 is 0 Å². The number of hydrogen-bond donors (Lipinski definition) is 2. The monoisotopic (exact) mass is 439 g/mol. The molecule has 0 unspecified atom stereocenters. The van der Waals surface area contributed by atoms with Gasteiger partial charge in [-0.05, 0) is 19.1 Å². The summed E-state index contributed by atoms with van der Waals surface area (Å²) >= 11 is 0. The molecule has 0 saturated carbocycles. The molecule has 0 atom stereocenters. The van der Waals surface area contributed by atoms with Crippen molar-refractivity contribution in [2.75, 3.05) is 31.7 Å². The number of benzene rings is 1. The topological polar surface area (TPSA) is 146 Å². The molecule has 3 rings (SSSR count). The van der Waals surface area contributed by atoms with Crippen LogP contribution in [0.3, 0.4) is 0 Å². The van der Waals surface area contributed by atoms with E-state index in [1.165, 1.54) is 24.3 Å². The minimum atomic E-state index is -3.86. The Balaban J connectivity index is 1.44. The van der Waals surface area contributed by atoms with Gasteiger partial charge in [0.15, 0.2) is 23.9 Å². The Morgan fingerprint density at radius 3 is 2.67 bits per heavy atom. The van der Waals surface area contributed by atoms with Crippen LogP contribution < -0.4 is 19.5 Å². The Morgan fingerprint density at radius 1 is 1.17 bits per heavy atom. The van der Waals surface area contributed by atoms with Gasteiger partial charge in [-0.3, -0.25) is 9.59 Å². The second-order valence-corrected chi connectivity index (χ2v) is 8.11. The number of hydrogen-bond acceptors (Lipinski definition) is 9. The molecule has 0 fully saturated rings. The summed E-state index contributed by atoms with van der Waals surface area (Å²) in [7, 11) is -3.86. The number of fused-ring (bicyclic) bond motifs is 1. The zero-order chi connectivity index (χ0) is 21.6. The second kappa shape index (κ2) is 9.59. The number of sulfonamides is 1. The lowest BCUT2D eigenvalue weighted by molar-refractivity contribution is -0.147. The number of esters is 1. The Kier molecular flexibility index (Phi) is 6.90. The normalized spacial score (nSPS) is 13.4. The van der Waals surface area contributed by atoms with E-state index in [1.54, 1.807) is 6.92 Å². The molecule has 0 radical (unpaired) electrons. The molecule has 0 aliphatic carbocycles. The molecule has 1 aromatic carbocycles. The first kappa shape index (κ1) is 21.6. The number of amides is 1. The Hall–Kier alpha value is -3.12. The first-order valence-corrected chi connectivity index (χ1v) is 10.6. The first-order chi connectivity index (χ1) is 14.3. The fourth-order valence-corrected chi connectivity index (χ4v) is 3.55. The molecule has 0 saturated heterocycles. The van der Waals surface area contributed by atoms with Crippen molar-refractivity contribution in [1.29, 1.82) is 0 Å². The summed E-state index contributed by atoms with van der Waals surface area (Å²) in [4.78, 5) is 23.4. The zero-order valence-electron chi connectivity index (χ0n) is 16.2. The van der Waals surface area contributed by atoms with Crippen LogP contribution in [0.25, 0.3) is 0 Å². The Labute approximate surface area is 172 Å². The van der Waals surface area contributed by atoms with Gasteiger partial charge < -0.3 is 24.1 Å². The zero-order valence-corrected chi connectivity index (χ0v) is 17.0. The first-order valence-electron chi connectivity index (χ1n) is 9.11. The maximum absolute atomic E-state index is 12.4. The van der Waals surface area contributed by atoms with Crippen LogP contribution in [0.15, 0.2) is 33.7 Å². The molecule has 162 valence electrons. The highest BCUT2D eigenvalue weighted by Gasteiger charge is 2.19. The summed E-state index contributed by atoms with van der Waals surface area (Å²) in [6, 6.07) is 5.80. The van der Waals surface area contributed by atoms with E-state index in [-0.39, 0.29) is 23.7 Å². The number of aryl methyl sites for hydroxylation is 1. The number of carbonyl (C=O) groups is 2. The molecule has 12 heteroatoms. The summed E-state index contributed by atoms with van der Waals surface area (Å²) in [5.74, 6) is 0.226. The van der Waals surface area contributed by atoms with Crippen LogP contribution in [-0.4, -0.2) is 51.8 Å². The van der Waals surface area contributed by atoms with Crippen LogP contribution in [0.2, 0.25) is 0 Å². The number of carbonyl (C=O) groups excluding carboxylic acids is 2. The van der Waals surface area contributed by atoms with Crippen molar-refractivity contribution in [1.82, 2.24) is 9.88 Å². The van der Waals surface area contributed by atoms with E-state index < -0.39 is 28.5 Å². The molecule has 1 amide bonds. The van der Waals surface area contributed by atoms with Gasteiger partial charge in [0.25, 0.3) is 5.91 Å². The average molecular weight is 439 g/mol. The third-order valence-corrected chi connectivity index (χ3v) is 5.37. The average Bonchev–Trinajstić information content (AvgIpc) is 2.97. The maximum atomic E-state index is 12.4. The van der Waals surface area contributed by atoms with Gasteiger partial charge in [0, 0.05) is 25.1 Å². The molecule has 30 heavy (non-hydrogen) atoms. The predicted molar refractivity (Wildman–Crippen MR) is 103 cm³/mol. The minimum Gasteiger partial charge on any atom is -0.490 e. The van der Waals surface area contributed by atoms with Gasteiger partial charge in [0.2, 0.25) is 10.0 Å². The van der Waals surface area contributed by atoms with Crippen LogP contribution in [-0.2, 0) is 24.3 Å². The van der Waals surface area contributed by atoms with Gasteiger partial charge >= 0.3 is 5.97 Å². The van der Waals surface area contributed by atoms with E-state index in [0.29, 0.717) is 36.9 Å². The molecule has 1 aromatic heterocycles. The summed E-state index contributed by atoms with van der Waals surface area (Å²) < 4.78 is 47.7. The number of anilines is 1. The van der Waals surface area contributed by atoms with Crippen LogP contribution in [0, 0.1) is 6.92 Å². The number of rotatable bonds is 8. The van der Waals surface area contributed by atoms with Crippen LogP contribution >= 0.6 is 0 Å². The minimum absolute atomic E-state index is 0.0117. The van der Waals surface area contributed by atoms with Crippen LogP contribution in [0.1, 0.15) is 18.6 Å². The molecular formula is C18H21N3O8S.